The number of amides is 1. The molecule has 4 aromatic rings. The molecule has 37 heavy (non-hydrogen) atoms. The molecule has 0 fully saturated rings. The zero-order chi connectivity index (χ0) is 26.2. The average Bonchev–Trinajstić information content (AvgIpc) is 3.43. The molecule has 190 valence electrons. The van der Waals surface area contributed by atoms with Crippen molar-refractivity contribution in [2.45, 2.75) is 32.8 Å². The number of benzene rings is 3. The van der Waals surface area contributed by atoms with E-state index in [-0.39, 0.29) is 31.6 Å². The van der Waals surface area contributed by atoms with Crippen LogP contribution in [-0.4, -0.2) is 23.1 Å². The Morgan fingerprint density at radius 2 is 1.81 bits per heavy atom. The van der Waals surface area contributed by atoms with Crippen LogP contribution in [0, 0.1) is 0 Å². The van der Waals surface area contributed by atoms with Crippen molar-refractivity contribution in [1.82, 2.24) is 4.57 Å². The van der Waals surface area contributed by atoms with Gasteiger partial charge in [-0.05, 0) is 72.6 Å². The van der Waals surface area contributed by atoms with Crippen molar-refractivity contribution < 1.29 is 32.2 Å². The lowest BCUT2D eigenvalue weighted by molar-refractivity contribution is -0.143. The highest BCUT2D eigenvalue weighted by molar-refractivity contribution is 6.10. The van der Waals surface area contributed by atoms with Crippen molar-refractivity contribution >= 4 is 28.5 Å². The zero-order valence-electron chi connectivity index (χ0n) is 19.9. The third-order valence-corrected chi connectivity index (χ3v) is 6.31. The Morgan fingerprint density at radius 3 is 2.54 bits per heavy atom. The van der Waals surface area contributed by atoms with Gasteiger partial charge in [0, 0.05) is 28.4 Å². The van der Waals surface area contributed by atoms with Crippen LogP contribution in [0.25, 0.3) is 10.9 Å². The van der Waals surface area contributed by atoms with Gasteiger partial charge in [-0.25, -0.2) is 0 Å². The number of hydrogen-bond acceptors (Lipinski definition) is 4. The summed E-state index contributed by atoms with van der Waals surface area (Å²) >= 11 is 0. The molecular formula is C28H23F3N2O4. The van der Waals surface area contributed by atoms with E-state index in [1.165, 1.54) is 17.0 Å². The molecule has 0 spiro atoms. The van der Waals surface area contributed by atoms with Gasteiger partial charge in [-0.15, -0.1) is 0 Å². The average molecular weight is 508 g/mol. The number of aromatic nitrogens is 1. The van der Waals surface area contributed by atoms with E-state index in [1.807, 2.05) is 41.1 Å². The Hall–Kier alpha value is -4.27. The van der Waals surface area contributed by atoms with E-state index in [4.69, 9.17) is 9.47 Å². The van der Waals surface area contributed by atoms with Gasteiger partial charge < -0.3 is 18.9 Å². The van der Waals surface area contributed by atoms with Gasteiger partial charge >= 0.3 is 12.1 Å². The SMILES string of the molecule is CCOC(=O)Cn1ccc2cc(OCc3cccc4c3CN(c3ccc(C(F)(F)F)cc3)C4=O)ccc21. The summed E-state index contributed by atoms with van der Waals surface area (Å²) in [6, 6.07) is 17.4. The summed E-state index contributed by atoms with van der Waals surface area (Å²) in [7, 11) is 0. The molecule has 0 saturated carbocycles. The first kappa shape index (κ1) is 24.4. The van der Waals surface area contributed by atoms with Gasteiger partial charge in [0.15, 0.2) is 0 Å². The fourth-order valence-corrected chi connectivity index (χ4v) is 4.48. The second-order valence-electron chi connectivity index (χ2n) is 8.64. The highest BCUT2D eigenvalue weighted by atomic mass is 19.4. The van der Waals surface area contributed by atoms with Crippen LogP contribution in [0.1, 0.15) is 34.0 Å². The Kier molecular flexibility index (Phi) is 6.37. The molecule has 3 aromatic carbocycles. The van der Waals surface area contributed by atoms with Crippen LogP contribution in [0.4, 0.5) is 18.9 Å². The maximum atomic E-state index is 13.0. The number of rotatable bonds is 7. The third-order valence-electron chi connectivity index (χ3n) is 6.31. The molecule has 5 rings (SSSR count). The number of alkyl halides is 3. The molecule has 1 aliphatic heterocycles. The molecule has 0 atom stereocenters. The Labute approximate surface area is 210 Å². The van der Waals surface area contributed by atoms with Gasteiger partial charge in [-0.2, -0.15) is 13.2 Å². The largest absolute Gasteiger partial charge is 0.489 e. The van der Waals surface area contributed by atoms with Crippen LogP contribution >= 0.6 is 0 Å². The van der Waals surface area contributed by atoms with Crippen molar-refractivity contribution in [3.63, 3.8) is 0 Å². The maximum Gasteiger partial charge on any atom is 0.416 e. The van der Waals surface area contributed by atoms with E-state index >= 15 is 0 Å². The molecule has 9 heteroatoms. The summed E-state index contributed by atoms with van der Waals surface area (Å²) in [5, 5.41) is 0.906. The number of anilines is 1. The van der Waals surface area contributed by atoms with Gasteiger partial charge in [-0.3, -0.25) is 9.59 Å². The minimum atomic E-state index is -4.44. The third kappa shape index (κ3) is 4.89. The van der Waals surface area contributed by atoms with E-state index in [9.17, 15) is 22.8 Å². The van der Waals surface area contributed by atoms with E-state index in [0.717, 1.165) is 34.2 Å². The summed E-state index contributed by atoms with van der Waals surface area (Å²) < 4.78 is 51.6. The number of hydrogen-bond donors (Lipinski definition) is 0. The molecule has 1 amide bonds. The van der Waals surface area contributed by atoms with Gasteiger partial charge in [0.25, 0.3) is 5.91 Å². The summed E-state index contributed by atoms with van der Waals surface area (Å²) in [5.74, 6) is 0.0574. The van der Waals surface area contributed by atoms with Crippen molar-refractivity contribution in [2.75, 3.05) is 11.5 Å². The number of carbonyl (C=O) groups is 2. The molecule has 0 aliphatic carbocycles. The Balaban J connectivity index is 1.31. The van der Waals surface area contributed by atoms with Crippen molar-refractivity contribution in [3.05, 3.63) is 95.2 Å². The molecule has 0 saturated heterocycles. The van der Waals surface area contributed by atoms with E-state index in [0.29, 0.717) is 23.6 Å². The molecule has 0 N–H and O–H groups in total. The first-order chi connectivity index (χ1) is 17.7. The number of halogens is 3. The lowest BCUT2D eigenvalue weighted by atomic mass is 10.0. The lowest BCUT2D eigenvalue weighted by Gasteiger charge is -2.17. The first-order valence-corrected chi connectivity index (χ1v) is 11.7. The Morgan fingerprint density at radius 1 is 1.03 bits per heavy atom. The highest BCUT2D eigenvalue weighted by Crippen LogP contribution is 2.34. The summed E-state index contributed by atoms with van der Waals surface area (Å²) in [6.45, 7) is 2.67. The molecule has 6 nitrogen and oxygen atoms in total. The van der Waals surface area contributed by atoms with Crippen LogP contribution in [0.2, 0.25) is 0 Å². The predicted molar refractivity (Wildman–Crippen MR) is 131 cm³/mol. The van der Waals surface area contributed by atoms with Crippen LogP contribution in [0.5, 0.6) is 5.75 Å². The fourth-order valence-electron chi connectivity index (χ4n) is 4.48. The van der Waals surface area contributed by atoms with Crippen molar-refractivity contribution in [1.29, 1.82) is 0 Å². The van der Waals surface area contributed by atoms with Gasteiger partial charge in [0.05, 0.1) is 18.7 Å². The quantitative estimate of drug-likeness (QED) is 0.289. The van der Waals surface area contributed by atoms with Gasteiger partial charge in [-0.1, -0.05) is 12.1 Å². The summed E-state index contributed by atoms with van der Waals surface area (Å²) in [5.41, 5.74) is 2.63. The van der Waals surface area contributed by atoms with Gasteiger partial charge in [0.2, 0.25) is 0 Å². The molecular weight excluding hydrogens is 485 g/mol. The number of fused-ring (bicyclic) bond motifs is 2. The number of ether oxygens (including phenoxy) is 2. The smallest absolute Gasteiger partial charge is 0.416 e. The van der Waals surface area contributed by atoms with Crippen molar-refractivity contribution in [2.24, 2.45) is 0 Å². The van der Waals surface area contributed by atoms with Crippen molar-refractivity contribution in [3.8, 4) is 5.75 Å². The van der Waals surface area contributed by atoms with Crippen LogP contribution in [-0.2, 0) is 35.4 Å². The second-order valence-corrected chi connectivity index (χ2v) is 8.64. The van der Waals surface area contributed by atoms with E-state index in [2.05, 4.69) is 0 Å². The number of nitrogens with zero attached hydrogens (tertiary/aromatic N) is 2. The summed E-state index contributed by atoms with van der Waals surface area (Å²) in [4.78, 5) is 26.3. The van der Waals surface area contributed by atoms with E-state index < -0.39 is 11.7 Å². The van der Waals surface area contributed by atoms with Gasteiger partial charge in [0.1, 0.15) is 18.9 Å². The van der Waals surface area contributed by atoms with Crippen LogP contribution < -0.4 is 9.64 Å². The molecule has 0 bridgehead atoms. The predicted octanol–water partition coefficient (Wildman–Crippen LogP) is 5.96. The number of esters is 1. The van der Waals surface area contributed by atoms with E-state index in [1.54, 1.807) is 19.1 Å². The standard InChI is InChI=1S/C28H23F3N2O4/c1-2-36-26(34)16-32-13-12-18-14-22(10-11-25(18)32)37-17-19-4-3-5-23-24(19)15-33(27(23)35)21-8-6-20(7-9-21)28(29,30)31/h3-14H,2,15-17H2,1H3. The molecule has 0 unspecified atom stereocenters. The lowest BCUT2D eigenvalue weighted by Crippen LogP contribution is -2.23. The minimum Gasteiger partial charge on any atom is -0.489 e. The number of carbonyl (C=O) groups excluding carboxylic acids is 2. The zero-order valence-corrected chi connectivity index (χ0v) is 19.9. The normalized spacial score (nSPS) is 13.2. The van der Waals surface area contributed by atoms with Crippen LogP contribution in [0.3, 0.4) is 0 Å². The minimum absolute atomic E-state index is 0.122. The molecule has 1 aromatic heterocycles. The second kappa shape index (κ2) is 9.65. The topological polar surface area (TPSA) is 60.8 Å². The molecule has 0 radical (unpaired) electrons. The maximum absolute atomic E-state index is 13.0. The fraction of sp³-hybridized carbons (Fsp3) is 0.214. The monoisotopic (exact) mass is 508 g/mol. The molecule has 2 heterocycles. The highest BCUT2D eigenvalue weighted by Gasteiger charge is 2.33. The Bertz CT molecular complexity index is 1480. The first-order valence-electron chi connectivity index (χ1n) is 11.7. The van der Waals surface area contributed by atoms with Crippen LogP contribution in [0.15, 0.2) is 72.9 Å². The summed E-state index contributed by atoms with van der Waals surface area (Å²) in [6.07, 6.45) is -2.62. The molecule has 1 aliphatic rings.